The molecule has 2 aromatic heterocycles. The molecule has 3 heterocycles. The Hall–Kier alpha value is -2.54. The van der Waals surface area contributed by atoms with E-state index in [0.717, 1.165) is 19.3 Å². The topological polar surface area (TPSA) is 88.2 Å². The highest BCUT2D eigenvalue weighted by Crippen LogP contribution is 2.16. The lowest BCUT2D eigenvalue weighted by molar-refractivity contribution is 0.00204. The van der Waals surface area contributed by atoms with Gasteiger partial charge in [0.25, 0.3) is 11.5 Å². The number of aromatic nitrogens is 3. The number of piperidine rings is 1. The van der Waals surface area contributed by atoms with Gasteiger partial charge < -0.3 is 14.6 Å². The average molecular weight is 342 g/mol. The summed E-state index contributed by atoms with van der Waals surface area (Å²) in [5.74, 6) is 0.105. The smallest absolute Gasteiger partial charge is 0.264 e. The number of amides is 1. The fraction of sp³-hybridized carbons (Fsp3) is 0.444. The molecule has 1 amide bonds. The minimum Gasteiger partial charge on any atom is -0.376 e. The lowest BCUT2D eigenvalue weighted by atomic mass is 10.1. The number of carbonyl (C=O) groups excluding carboxylic acids is 1. The van der Waals surface area contributed by atoms with E-state index in [1.54, 1.807) is 29.4 Å². The molecule has 7 nitrogen and oxygen atoms in total. The van der Waals surface area contributed by atoms with Gasteiger partial charge in [-0.2, -0.15) is 0 Å². The van der Waals surface area contributed by atoms with Gasteiger partial charge in [-0.1, -0.05) is 6.92 Å². The predicted octanol–water partition coefficient (Wildman–Crippen LogP) is 1.86. The summed E-state index contributed by atoms with van der Waals surface area (Å²) in [6.45, 7) is 3.90. The summed E-state index contributed by atoms with van der Waals surface area (Å²) in [6.07, 6.45) is 7.41. The average Bonchev–Trinajstić information content (AvgIpc) is 2.66. The molecular weight excluding hydrogens is 320 g/mol. The minimum atomic E-state index is -0.435. The zero-order valence-electron chi connectivity index (χ0n) is 14.3. The number of hydrogen-bond donors (Lipinski definition) is 1. The van der Waals surface area contributed by atoms with Crippen LogP contribution in [0.4, 0.5) is 0 Å². The second-order valence-corrected chi connectivity index (χ2v) is 6.10. The van der Waals surface area contributed by atoms with Gasteiger partial charge >= 0.3 is 0 Å². The summed E-state index contributed by atoms with van der Waals surface area (Å²) in [6, 6.07) is 3.56. The third kappa shape index (κ3) is 4.11. The van der Waals surface area contributed by atoms with Crippen LogP contribution in [-0.4, -0.2) is 51.6 Å². The SMILES string of the molecule is CCCOC1CCCN(C(=O)c2cnc(-c3cccnc3)[nH]c2=O)C1. The Bertz CT molecular complexity index is 775. The van der Waals surface area contributed by atoms with Crippen LogP contribution in [0.25, 0.3) is 11.4 Å². The van der Waals surface area contributed by atoms with E-state index in [1.165, 1.54) is 6.20 Å². The summed E-state index contributed by atoms with van der Waals surface area (Å²) in [4.78, 5) is 37.6. The number of likely N-dealkylation sites (tertiary alicyclic amines) is 1. The fourth-order valence-corrected chi connectivity index (χ4v) is 2.91. The number of pyridine rings is 1. The van der Waals surface area contributed by atoms with Gasteiger partial charge in [0.05, 0.1) is 6.10 Å². The summed E-state index contributed by atoms with van der Waals surface area (Å²) in [7, 11) is 0. The van der Waals surface area contributed by atoms with E-state index in [4.69, 9.17) is 4.74 Å². The number of hydrogen-bond acceptors (Lipinski definition) is 5. The second kappa shape index (κ2) is 8.02. The summed E-state index contributed by atoms with van der Waals surface area (Å²) in [5.41, 5.74) is 0.323. The van der Waals surface area contributed by atoms with E-state index in [9.17, 15) is 9.59 Å². The van der Waals surface area contributed by atoms with Crippen LogP contribution in [0.5, 0.6) is 0 Å². The van der Waals surface area contributed by atoms with Gasteiger partial charge in [-0.3, -0.25) is 14.6 Å². The maximum absolute atomic E-state index is 12.7. The first-order valence-corrected chi connectivity index (χ1v) is 8.59. The molecule has 0 aromatic carbocycles. The summed E-state index contributed by atoms with van der Waals surface area (Å²) < 4.78 is 5.75. The monoisotopic (exact) mass is 342 g/mol. The predicted molar refractivity (Wildman–Crippen MR) is 93.3 cm³/mol. The van der Waals surface area contributed by atoms with Crippen LogP contribution in [0, 0.1) is 0 Å². The first-order chi connectivity index (χ1) is 12.2. The van der Waals surface area contributed by atoms with Crippen LogP contribution in [0.2, 0.25) is 0 Å². The zero-order chi connectivity index (χ0) is 17.6. The molecule has 25 heavy (non-hydrogen) atoms. The number of carbonyl (C=O) groups is 1. The Morgan fingerprint density at radius 3 is 3.04 bits per heavy atom. The first-order valence-electron chi connectivity index (χ1n) is 8.59. The molecule has 2 aromatic rings. The van der Waals surface area contributed by atoms with Crippen molar-refractivity contribution in [2.24, 2.45) is 0 Å². The summed E-state index contributed by atoms with van der Waals surface area (Å²) >= 11 is 0. The number of nitrogens with zero attached hydrogens (tertiary/aromatic N) is 3. The van der Waals surface area contributed by atoms with E-state index in [2.05, 4.69) is 21.9 Å². The molecule has 1 unspecified atom stereocenters. The third-order valence-corrected chi connectivity index (χ3v) is 4.19. The Morgan fingerprint density at radius 1 is 1.44 bits per heavy atom. The maximum Gasteiger partial charge on any atom is 0.264 e. The van der Waals surface area contributed by atoms with Crippen molar-refractivity contribution in [2.45, 2.75) is 32.3 Å². The van der Waals surface area contributed by atoms with Crippen LogP contribution in [0.15, 0.2) is 35.5 Å². The number of H-pyrrole nitrogens is 1. The van der Waals surface area contributed by atoms with Gasteiger partial charge in [-0.05, 0) is 31.4 Å². The van der Waals surface area contributed by atoms with E-state index < -0.39 is 5.56 Å². The highest BCUT2D eigenvalue weighted by Gasteiger charge is 2.26. The third-order valence-electron chi connectivity index (χ3n) is 4.19. The largest absolute Gasteiger partial charge is 0.376 e. The molecule has 1 saturated heterocycles. The van der Waals surface area contributed by atoms with Crippen molar-refractivity contribution in [3.8, 4) is 11.4 Å². The van der Waals surface area contributed by atoms with Gasteiger partial charge in [0.2, 0.25) is 0 Å². The summed E-state index contributed by atoms with van der Waals surface area (Å²) in [5, 5.41) is 0. The van der Waals surface area contributed by atoms with Crippen LogP contribution in [0.1, 0.15) is 36.5 Å². The Balaban J connectivity index is 1.75. The highest BCUT2D eigenvalue weighted by molar-refractivity contribution is 5.93. The second-order valence-electron chi connectivity index (χ2n) is 6.10. The van der Waals surface area contributed by atoms with E-state index in [0.29, 0.717) is 31.1 Å². The maximum atomic E-state index is 12.7. The van der Waals surface area contributed by atoms with Crippen molar-refractivity contribution in [1.29, 1.82) is 0 Å². The van der Waals surface area contributed by atoms with Crippen molar-refractivity contribution in [3.63, 3.8) is 0 Å². The molecule has 1 aliphatic rings. The zero-order valence-corrected chi connectivity index (χ0v) is 14.3. The Morgan fingerprint density at radius 2 is 2.32 bits per heavy atom. The van der Waals surface area contributed by atoms with Crippen molar-refractivity contribution in [3.05, 3.63) is 46.6 Å². The molecule has 0 spiro atoms. The van der Waals surface area contributed by atoms with Gasteiger partial charge in [0, 0.05) is 43.9 Å². The van der Waals surface area contributed by atoms with Crippen LogP contribution >= 0.6 is 0 Å². The van der Waals surface area contributed by atoms with Crippen molar-refractivity contribution < 1.29 is 9.53 Å². The van der Waals surface area contributed by atoms with Crippen LogP contribution in [-0.2, 0) is 4.74 Å². The molecule has 0 aliphatic carbocycles. The molecule has 3 rings (SSSR count). The molecule has 1 atom stereocenters. The normalized spacial score (nSPS) is 17.5. The molecule has 0 radical (unpaired) electrons. The highest BCUT2D eigenvalue weighted by atomic mass is 16.5. The van der Waals surface area contributed by atoms with E-state index >= 15 is 0 Å². The molecule has 1 N–H and O–H groups in total. The quantitative estimate of drug-likeness (QED) is 0.896. The molecular formula is C18H22N4O3. The number of aromatic amines is 1. The number of rotatable bonds is 5. The van der Waals surface area contributed by atoms with Gasteiger partial charge in [-0.15, -0.1) is 0 Å². The van der Waals surface area contributed by atoms with Crippen LogP contribution in [0.3, 0.4) is 0 Å². The van der Waals surface area contributed by atoms with Gasteiger partial charge in [-0.25, -0.2) is 4.98 Å². The molecule has 1 fully saturated rings. The number of nitrogens with one attached hydrogen (secondary N) is 1. The minimum absolute atomic E-state index is 0.0411. The number of ether oxygens (including phenoxy) is 1. The molecule has 7 heteroatoms. The van der Waals surface area contributed by atoms with Crippen molar-refractivity contribution in [2.75, 3.05) is 19.7 Å². The van der Waals surface area contributed by atoms with E-state index in [-0.39, 0.29) is 17.6 Å². The molecule has 0 bridgehead atoms. The fourth-order valence-electron chi connectivity index (χ4n) is 2.91. The van der Waals surface area contributed by atoms with Gasteiger partial charge in [0.1, 0.15) is 11.4 Å². The van der Waals surface area contributed by atoms with E-state index in [1.807, 2.05) is 0 Å². The lowest BCUT2D eigenvalue weighted by Gasteiger charge is -2.32. The lowest BCUT2D eigenvalue weighted by Crippen LogP contribution is -2.44. The molecule has 0 saturated carbocycles. The first kappa shape index (κ1) is 17.3. The molecule has 132 valence electrons. The van der Waals surface area contributed by atoms with Crippen molar-refractivity contribution >= 4 is 5.91 Å². The standard InChI is InChI=1S/C18H22N4O3/c1-2-9-25-14-6-4-8-22(12-14)18(24)15-11-20-16(21-17(15)23)13-5-3-7-19-10-13/h3,5,7,10-11,14H,2,4,6,8-9,12H2,1H3,(H,20,21,23). The molecule has 1 aliphatic heterocycles. The van der Waals surface area contributed by atoms with Gasteiger partial charge in [0.15, 0.2) is 0 Å². The Kier molecular flexibility index (Phi) is 5.55. The van der Waals surface area contributed by atoms with Crippen molar-refractivity contribution in [1.82, 2.24) is 19.9 Å². The Labute approximate surface area is 146 Å². The van der Waals surface area contributed by atoms with Crippen LogP contribution < -0.4 is 5.56 Å².